The molecule has 1 aromatic rings. The number of nitrogens with zero attached hydrogens (tertiary/aromatic N) is 1. The monoisotopic (exact) mass is 266 g/mol. The van der Waals surface area contributed by atoms with Crippen molar-refractivity contribution in [3.63, 3.8) is 0 Å². The van der Waals surface area contributed by atoms with Crippen LogP contribution in [-0.2, 0) is 0 Å². The van der Waals surface area contributed by atoms with Crippen LogP contribution < -0.4 is 5.73 Å². The number of hydrogen-bond acceptors (Lipinski definition) is 2. The van der Waals surface area contributed by atoms with Crippen LogP contribution in [0.25, 0.3) is 0 Å². The number of anilines is 1. The zero-order chi connectivity index (χ0) is 13.3. The van der Waals surface area contributed by atoms with Crippen LogP contribution in [0, 0.1) is 11.8 Å². The molecule has 18 heavy (non-hydrogen) atoms. The molecule has 2 atom stereocenters. The van der Waals surface area contributed by atoms with E-state index in [4.69, 9.17) is 17.3 Å². The summed E-state index contributed by atoms with van der Waals surface area (Å²) in [6.07, 6.45) is 1.18. The Morgan fingerprint density at radius 2 is 1.94 bits per heavy atom. The first-order valence-electron chi connectivity index (χ1n) is 6.31. The van der Waals surface area contributed by atoms with E-state index in [0.717, 1.165) is 13.1 Å². The van der Waals surface area contributed by atoms with Crippen molar-refractivity contribution >= 4 is 23.2 Å². The van der Waals surface area contributed by atoms with Crippen molar-refractivity contribution in [1.82, 2.24) is 4.90 Å². The Balaban J connectivity index is 2.20. The van der Waals surface area contributed by atoms with Crippen molar-refractivity contribution in [1.29, 1.82) is 0 Å². The molecule has 1 aromatic carbocycles. The summed E-state index contributed by atoms with van der Waals surface area (Å²) >= 11 is 6.09. The Hall–Kier alpha value is -1.22. The van der Waals surface area contributed by atoms with Crippen LogP contribution in [0.2, 0.25) is 5.02 Å². The Labute approximate surface area is 113 Å². The number of carbonyl (C=O) groups excluding carboxylic acids is 1. The molecule has 0 bridgehead atoms. The number of halogens is 1. The fourth-order valence-electron chi connectivity index (χ4n) is 2.70. The number of rotatable bonds is 1. The lowest BCUT2D eigenvalue weighted by Gasteiger charge is -2.35. The summed E-state index contributed by atoms with van der Waals surface area (Å²) in [5.74, 6) is 1.11. The average Bonchev–Trinajstić information content (AvgIpc) is 2.26. The molecule has 1 heterocycles. The Morgan fingerprint density at radius 1 is 1.33 bits per heavy atom. The third-order valence-electron chi connectivity index (χ3n) is 3.38. The highest BCUT2D eigenvalue weighted by molar-refractivity contribution is 6.34. The van der Waals surface area contributed by atoms with Gasteiger partial charge in [0.1, 0.15) is 0 Å². The average molecular weight is 267 g/mol. The van der Waals surface area contributed by atoms with Gasteiger partial charge in [0.25, 0.3) is 5.91 Å². The van der Waals surface area contributed by atoms with E-state index in [1.807, 2.05) is 4.90 Å². The molecule has 1 fully saturated rings. The number of piperidine rings is 1. The van der Waals surface area contributed by atoms with Crippen LogP contribution in [0.4, 0.5) is 5.69 Å². The van der Waals surface area contributed by atoms with E-state index in [-0.39, 0.29) is 5.91 Å². The second-order valence-corrected chi connectivity index (χ2v) is 5.80. The first-order chi connectivity index (χ1) is 8.47. The first-order valence-corrected chi connectivity index (χ1v) is 6.69. The molecule has 0 aromatic heterocycles. The minimum Gasteiger partial charge on any atom is -0.399 e. The summed E-state index contributed by atoms with van der Waals surface area (Å²) in [6, 6.07) is 5.06. The maximum Gasteiger partial charge on any atom is 0.255 e. The molecular formula is C14H19ClN2O. The number of carbonyl (C=O) groups is 1. The molecule has 0 radical (unpaired) electrons. The first kappa shape index (κ1) is 13.2. The van der Waals surface area contributed by atoms with Gasteiger partial charge in [-0.25, -0.2) is 0 Å². The Bertz CT molecular complexity index is 451. The van der Waals surface area contributed by atoms with Crippen molar-refractivity contribution in [2.45, 2.75) is 20.3 Å². The summed E-state index contributed by atoms with van der Waals surface area (Å²) in [5.41, 5.74) is 6.77. The number of likely N-dealkylation sites (tertiary alicyclic amines) is 1. The summed E-state index contributed by atoms with van der Waals surface area (Å²) in [5, 5.41) is 0.436. The predicted molar refractivity (Wildman–Crippen MR) is 74.7 cm³/mol. The van der Waals surface area contributed by atoms with Gasteiger partial charge in [-0.3, -0.25) is 4.79 Å². The molecular weight excluding hydrogens is 248 g/mol. The Morgan fingerprint density at radius 3 is 2.50 bits per heavy atom. The molecule has 1 saturated heterocycles. The third-order valence-corrected chi connectivity index (χ3v) is 3.69. The van der Waals surface area contributed by atoms with Crippen molar-refractivity contribution in [2.24, 2.45) is 11.8 Å². The van der Waals surface area contributed by atoms with Crippen LogP contribution in [0.3, 0.4) is 0 Å². The topological polar surface area (TPSA) is 46.3 Å². The van der Waals surface area contributed by atoms with Gasteiger partial charge < -0.3 is 10.6 Å². The molecule has 0 saturated carbocycles. The number of nitrogens with two attached hydrogens (primary N) is 1. The molecule has 3 nitrogen and oxygen atoms in total. The zero-order valence-electron chi connectivity index (χ0n) is 10.8. The minimum atomic E-state index is 0.0124. The molecule has 4 heteroatoms. The number of amides is 1. The van der Waals surface area contributed by atoms with E-state index in [0.29, 0.717) is 28.1 Å². The summed E-state index contributed by atoms with van der Waals surface area (Å²) in [6.45, 7) is 5.98. The van der Waals surface area contributed by atoms with Crippen molar-refractivity contribution in [2.75, 3.05) is 18.8 Å². The molecule has 98 valence electrons. The molecule has 1 amide bonds. The largest absolute Gasteiger partial charge is 0.399 e. The second kappa shape index (κ2) is 5.19. The normalized spacial score (nSPS) is 24.1. The van der Waals surface area contributed by atoms with Crippen molar-refractivity contribution in [3.8, 4) is 0 Å². The summed E-state index contributed by atoms with van der Waals surface area (Å²) < 4.78 is 0. The second-order valence-electron chi connectivity index (χ2n) is 5.40. The van der Waals surface area contributed by atoms with Crippen LogP contribution >= 0.6 is 11.6 Å². The van der Waals surface area contributed by atoms with Gasteiger partial charge in [0.15, 0.2) is 0 Å². The highest BCUT2D eigenvalue weighted by Gasteiger charge is 2.27. The van der Waals surface area contributed by atoms with E-state index in [2.05, 4.69) is 13.8 Å². The van der Waals surface area contributed by atoms with Crippen LogP contribution in [0.5, 0.6) is 0 Å². The molecule has 1 aliphatic rings. The lowest BCUT2D eigenvalue weighted by Crippen LogP contribution is -2.42. The summed E-state index contributed by atoms with van der Waals surface area (Å²) in [4.78, 5) is 14.3. The molecule has 2 rings (SSSR count). The van der Waals surface area contributed by atoms with E-state index < -0.39 is 0 Å². The lowest BCUT2D eigenvalue weighted by molar-refractivity contribution is 0.0623. The smallest absolute Gasteiger partial charge is 0.255 e. The van der Waals surface area contributed by atoms with Gasteiger partial charge in [-0.2, -0.15) is 0 Å². The lowest BCUT2D eigenvalue weighted by atomic mass is 9.91. The predicted octanol–water partition coefficient (Wildman–Crippen LogP) is 3.04. The fourth-order valence-corrected chi connectivity index (χ4v) is 2.97. The SMILES string of the molecule is C[C@@H]1C[C@@H](C)CN(C(=O)c2ccc(N)cc2Cl)C1. The van der Waals surface area contributed by atoms with Crippen LogP contribution in [0.1, 0.15) is 30.6 Å². The van der Waals surface area contributed by atoms with Gasteiger partial charge in [0, 0.05) is 18.8 Å². The number of hydrogen-bond donors (Lipinski definition) is 1. The van der Waals surface area contributed by atoms with Crippen molar-refractivity contribution in [3.05, 3.63) is 28.8 Å². The van der Waals surface area contributed by atoms with Crippen molar-refractivity contribution < 1.29 is 4.79 Å². The zero-order valence-corrected chi connectivity index (χ0v) is 11.6. The molecule has 0 aliphatic carbocycles. The maximum absolute atomic E-state index is 12.4. The van der Waals surface area contributed by atoms with Gasteiger partial charge in [-0.05, 0) is 36.5 Å². The minimum absolute atomic E-state index is 0.0124. The highest BCUT2D eigenvalue weighted by Crippen LogP contribution is 2.25. The standard InChI is InChI=1S/C14H19ClN2O/c1-9-5-10(2)8-17(7-9)14(18)12-4-3-11(16)6-13(12)15/h3-4,6,9-10H,5,7-8,16H2,1-2H3/t9-,10-/m1/s1. The van der Waals surface area contributed by atoms with Crippen LogP contribution in [-0.4, -0.2) is 23.9 Å². The van der Waals surface area contributed by atoms with Crippen LogP contribution in [0.15, 0.2) is 18.2 Å². The maximum atomic E-state index is 12.4. The van der Waals surface area contributed by atoms with Gasteiger partial charge in [0.05, 0.1) is 10.6 Å². The third kappa shape index (κ3) is 2.78. The number of benzene rings is 1. The molecule has 2 N–H and O–H groups in total. The van der Waals surface area contributed by atoms with Gasteiger partial charge >= 0.3 is 0 Å². The molecule has 0 spiro atoms. The quantitative estimate of drug-likeness (QED) is 0.794. The van der Waals surface area contributed by atoms with E-state index >= 15 is 0 Å². The highest BCUT2D eigenvalue weighted by atomic mass is 35.5. The van der Waals surface area contributed by atoms with Gasteiger partial charge in [-0.1, -0.05) is 25.4 Å². The summed E-state index contributed by atoms with van der Waals surface area (Å²) in [7, 11) is 0. The van der Waals surface area contributed by atoms with E-state index in [1.165, 1.54) is 6.42 Å². The fraction of sp³-hybridized carbons (Fsp3) is 0.500. The molecule has 0 unspecified atom stereocenters. The number of nitrogen functional groups attached to an aromatic ring is 1. The van der Waals surface area contributed by atoms with E-state index in [1.54, 1.807) is 18.2 Å². The van der Waals surface area contributed by atoms with E-state index in [9.17, 15) is 4.79 Å². The van der Waals surface area contributed by atoms with Gasteiger partial charge in [0.2, 0.25) is 0 Å². The van der Waals surface area contributed by atoms with Gasteiger partial charge in [-0.15, -0.1) is 0 Å². The molecule has 1 aliphatic heterocycles. The Kier molecular flexibility index (Phi) is 3.81.